The van der Waals surface area contributed by atoms with Crippen LogP contribution in [0.4, 0.5) is 5.82 Å². The van der Waals surface area contributed by atoms with E-state index in [0.29, 0.717) is 0 Å². The SMILES string of the molecule is Clc1ccc(C2(CNc3ccc4nnc(-c5ccccc5)n4n3)CCOCC2)cc1. The molecule has 2 aromatic heterocycles. The second-order valence-electron chi connectivity index (χ2n) is 7.63. The summed E-state index contributed by atoms with van der Waals surface area (Å²) in [5.41, 5.74) is 2.96. The topological polar surface area (TPSA) is 64.3 Å². The predicted octanol–water partition coefficient (Wildman–Crippen LogP) is 4.61. The van der Waals surface area contributed by atoms with Crippen molar-refractivity contribution in [1.82, 2.24) is 19.8 Å². The molecular weight excluding hydrogens is 398 g/mol. The standard InChI is InChI=1S/C23H22ClN5O/c24-19-8-6-18(7-9-19)23(12-14-30-15-13-23)16-25-20-10-11-21-26-27-22(29(21)28-20)17-4-2-1-3-5-17/h1-11H,12-16H2,(H,25,28). The molecule has 1 aliphatic rings. The summed E-state index contributed by atoms with van der Waals surface area (Å²) in [6.07, 6.45) is 1.90. The Labute approximate surface area is 179 Å². The van der Waals surface area contributed by atoms with E-state index in [2.05, 4.69) is 27.6 Å². The molecule has 3 heterocycles. The molecule has 0 atom stereocenters. The Morgan fingerprint density at radius 2 is 1.70 bits per heavy atom. The van der Waals surface area contributed by atoms with E-state index in [1.807, 2.05) is 54.6 Å². The fourth-order valence-electron chi connectivity index (χ4n) is 4.04. The molecule has 1 fully saturated rings. The molecule has 1 N–H and O–H groups in total. The average Bonchev–Trinajstić information content (AvgIpc) is 3.23. The number of nitrogens with one attached hydrogen (secondary N) is 1. The summed E-state index contributed by atoms with van der Waals surface area (Å²) in [6.45, 7) is 2.26. The number of hydrogen-bond acceptors (Lipinski definition) is 5. The molecule has 152 valence electrons. The zero-order valence-electron chi connectivity index (χ0n) is 16.5. The van der Waals surface area contributed by atoms with Gasteiger partial charge in [0, 0.05) is 35.8 Å². The first-order chi connectivity index (χ1) is 14.7. The van der Waals surface area contributed by atoms with E-state index in [1.165, 1.54) is 5.56 Å². The molecule has 30 heavy (non-hydrogen) atoms. The normalized spacial score (nSPS) is 15.9. The van der Waals surface area contributed by atoms with Gasteiger partial charge in [0.25, 0.3) is 0 Å². The van der Waals surface area contributed by atoms with Crippen LogP contribution < -0.4 is 5.32 Å². The molecule has 0 unspecified atom stereocenters. The molecule has 2 aromatic carbocycles. The zero-order chi connectivity index (χ0) is 20.4. The summed E-state index contributed by atoms with van der Waals surface area (Å²) >= 11 is 6.11. The van der Waals surface area contributed by atoms with Gasteiger partial charge in [-0.25, -0.2) is 0 Å². The minimum Gasteiger partial charge on any atom is -0.381 e. The Morgan fingerprint density at radius 1 is 0.933 bits per heavy atom. The van der Waals surface area contributed by atoms with Gasteiger partial charge in [0.15, 0.2) is 11.5 Å². The molecule has 5 rings (SSSR count). The number of ether oxygens (including phenoxy) is 1. The first kappa shape index (κ1) is 19.0. The third kappa shape index (κ3) is 3.64. The van der Waals surface area contributed by atoms with Crippen molar-refractivity contribution < 1.29 is 4.74 Å². The van der Waals surface area contributed by atoms with E-state index in [4.69, 9.17) is 21.4 Å². The third-order valence-corrected chi connectivity index (χ3v) is 6.06. The van der Waals surface area contributed by atoms with Crippen LogP contribution in [0, 0.1) is 0 Å². The predicted molar refractivity (Wildman–Crippen MR) is 118 cm³/mol. The summed E-state index contributed by atoms with van der Waals surface area (Å²) in [4.78, 5) is 0. The molecule has 0 radical (unpaired) electrons. The van der Waals surface area contributed by atoms with Crippen molar-refractivity contribution >= 4 is 23.1 Å². The van der Waals surface area contributed by atoms with Crippen molar-refractivity contribution in [3.05, 3.63) is 77.3 Å². The second kappa shape index (κ2) is 8.05. The van der Waals surface area contributed by atoms with Crippen LogP contribution in [0.5, 0.6) is 0 Å². The number of halogens is 1. The number of fused-ring (bicyclic) bond motifs is 1. The number of hydrogen-bond donors (Lipinski definition) is 1. The van der Waals surface area contributed by atoms with Crippen LogP contribution >= 0.6 is 11.6 Å². The first-order valence-corrected chi connectivity index (χ1v) is 10.5. The number of anilines is 1. The Kier molecular flexibility index (Phi) is 5.11. The van der Waals surface area contributed by atoms with Crippen LogP contribution in [-0.4, -0.2) is 39.6 Å². The summed E-state index contributed by atoms with van der Waals surface area (Å²) in [5, 5.41) is 17.6. The molecule has 1 aliphatic heterocycles. The average molecular weight is 420 g/mol. The number of aromatic nitrogens is 4. The van der Waals surface area contributed by atoms with Gasteiger partial charge in [0.05, 0.1) is 0 Å². The van der Waals surface area contributed by atoms with Gasteiger partial charge in [0.1, 0.15) is 5.82 Å². The Balaban J connectivity index is 1.43. The molecule has 0 aliphatic carbocycles. The third-order valence-electron chi connectivity index (χ3n) is 5.81. The molecule has 7 heteroatoms. The van der Waals surface area contributed by atoms with E-state index < -0.39 is 0 Å². The van der Waals surface area contributed by atoms with Gasteiger partial charge in [-0.05, 0) is 42.7 Å². The summed E-state index contributed by atoms with van der Waals surface area (Å²) in [6, 6.07) is 22.0. The van der Waals surface area contributed by atoms with Crippen LogP contribution in [0.15, 0.2) is 66.7 Å². The van der Waals surface area contributed by atoms with Gasteiger partial charge in [-0.15, -0.1) is 15.3 Å². The van der Waals surface area contributed by atoms with Crippen LogP contribution in [0.1, 0.15) is 18.4 Å². The lowest BCUT2D eigenvalue weighted by atomic mass is 9.74. The van der Waals surface area contributed by atoms with E-state index in [1.54, 1.807) is 4.52 Å². The minimum atomic E-state index is -0.0189. The Morgan fingerprint density at radius 3 is 2.47 bits per heavy atom. The molecular formula is C23H22ClN5O. The molecule has 0 amide bonds. The number of benzene rings is 2. The highest BCUT2D eigenvalue weighted by molar-refractivity contribution is 6.30. The molecule has 0 bridgehead atoms. The minimum absolute atomic E-state index is 0.0189. The van der Waals surface area contributed by atoms with Crippen LogP contribution in [-0.2, 0) is 10.2 Å². The fraction of sp³-hybridized carbons (Fsp3) is 0.261. The maximum Gasteiger partial charge on any atom is 0.185 e. The molecule has 1 saturated heterocycles. The highest BCUT2D eigenvalue weighted by atomic mass is 35.5. The van der Waals surface area contributed by atoms with Gasteiger partial charge in [-0.1, -0.05) is 54.1 Å². The van der Waals surface area contributed by atoms with Gasteiger partial charge < -0.3 is 10.1 Å². The van der Waals surface area contributed by atoms with Crippen molar-refractivity contribution in [2.75, 3.05) is 25.1 Å². The van der Waals surface area contributed by atoms with Crippen LogP contribution in [0.3, 0.4) is 0 Å². The number of nitrogens with zero attached hydrogens (tertiary/aromatic N) is 4. The largest absolute Gasteiger partial charge is 0.381 e. The van der Waals surface area contributed by atoms with E-state index >= 15 is 0 Å². The second-order valence-corrected chi connectivity index (χ2v) is 8.07. The monoisotopic (exact) mass is 419 g/mol. The number of rotatable bonds is 5. The van der Waals surface area contributed by atoms with Gasteiger partial charge in [-0.2, -0.15) is 4.52 Å². The maximum absolute atomic E-state index is 6.11. The zero-order valence-corrected chi connectivity index (χ0v) is 17.2. The van der Waals surface area contributed by atoms with Gasteiger partial charge >= 0.3 is 0 Å². The lowest BCUT2D eigenvalue weighted by Gasteiger charge is -2.38. The highest BCUT2D eigenvalue weighted by Crippen LogP contribution is 2.35. The van der Waals surface area contributed by atoms with Crippen LogP contribution in [0.25, 0.3) is 17.0 Å². The Hall–Kier alpha value is -2.96. The smallest absolute Gasteiger partial charge is 0.185 e. The first-order valence-electron chi connectivity index (χ1n) is 10.1. The summed E-state index contributed by atoms with van der Waals surface area (Å²) < 4.78 is 7.43. The van der Waals surface area contributed by atoms with Crippen molar-refractivity contribution in [3.63, 3.8) is 0 Å². The van der Waals surface area contributed by atoms with Crippen molar-refractivity contribution in [2.45, 2.75) is 18.3 Å². The molecule has 4 aromatic rings. The lowest BCUT2D eigenvalue weighted by Crippen LogP contribution is -2.40. The van der Waals surface area contributed by atoms with Gasteiger partial charge in [0.2, 0.25) is 0 Å². The van der Waals surface area contributed by atoms with E-state index in [9.17, 15) is 0 Å². The summed E-state index contributed by atoms with van der Waals surface area (Å²) in [7, 11) is 0. The molecule has 0 spiro atoms. The van der Waals surface area contributed by atoms with E-state index in [0.717, 1.165) is 60.5 Å². The molecule has 6 nitrogen and oxygen atoms in total. The highest BCUT2D eigenvalue weighted by Gasteiger charge is 2.34. The van der Waals surface area contributed by atoms with Gasteiger partial charge in [-0.3, -0.25) is 0 Å². The maximum atomic E-state index is 6.11. The Bertz CT molecular complexity index is 1140. The summed E-state index contributed by atoms with van der Waals surface area (Å²) in [5.74, 6) is 1.52. The lowest BCUT2D eigenvalue weighted by molar-refractivity contribution is 0.0543. The quantitative estimate of drug-likeness (QED) is 0.512. The fourth-order valence-corrected chi connectivity index (χ4v) is 4.17. The van der Waals surface area contributed by atoms with Crippen molar-refractivity contribution in [2.24, 2.45) is 0 Å². The van der Waals surface area contributed by atoms with E-state index in [-0.39, 0.29) is 5.41 Å². The molecule has 0 saturated carbocycles. The van der Waals surface area contributed by atoms with Crippen molar-refractivity contribution in [3.8, 4) is 11.4 Å². The van der Waals surface area contributed by atoms with Crippen molar-refractivity contribution in [1.29, 1.82) is 0 Å². The van der Waals surface area contributed by atoms with Crippen LogP contribution in [0.2, 0.25) is 5.02 Å².